The average molecular weight is 399 g/mol. The van der Waals surface area contributed by atoms with Crippen LogP contribution in [0.4, 0.5) is 14.5 Å². The number of carbonyl (C=O) groups is 1. The number of anilines is 1. The number of nitrogens with one attached hydrogen (secondary N) is 1. The predicted octanol–water partition coefficient (Wildman–Crippen LogP) is 3.20. The van der Waals surface area contributed by atoms with Gasteiger partial charge in [0.25, 0.3) is 10.0 Å². The Labute approximate surface area is 153 Å². The second kappa shape index (κ2) is 8.49. The van der Waals surface area contributed by atoms with Gasteiger partial charge in [-0.1, -0.05) is 12.1 Å². The van der Waals surface area contributed by atoms with Crippen LogP contribution >= 0.6 is 0 Å². The summed E-state index contributed by atoms with van der Waals surface area (Å²) in [5, 5.41) is 8.58. The van der Waals surface area contributed by atoms with Crippen LogP contribution < -0.4 is 14.2 Å². The molecule has 0 aliphatic heterocycles. The first kappa shape index (κ1) is 20.2. The molecule has 0 fully saturated rings. The average Bonchev–Trinajstić information content (AvgIpc) is 2.60. The number of hydrogen-bond acceptors (Lipinski definition) is 5. The molecule has 0 amide bonds. The van der Waals surface area contributed by atoms with Crippen LogP contribution in [-0.4, -0.2) is 33.2 Å². The van der Waals surface area contributed by atoms with Crippen LogP contribution in [0, 0.1) is 0 Å². The highest BCUT2D eigenvalue weighted by atomic mass is 32.2. The van der Waals surface area contributed by atoms with Gasteiger partial charge in [-0.2, -0.15) is 8.78 Å². The van der Waals surface area contributed by atoms with Crippen molar-refractivity contribution < 1.29 is 36.6 Å². The van der Waals surface area contributed by atoms with Gasteiger partial charge in [0.1, 0.15) is 0 Å². The molecule has 0 heterocycles. The number of carboxylic acid groups (broad SMARTS) is 1. The Morgan fingerprint density at radius 1 is 1.15 bits per heavy atom. The summed E-state index contributed by atoms with van der Waals surface area (Å²) in [4.78, 5) is 10.4. The van der Waals surface area contributed by atoms with E-state index in [-0.39, 0.29) is 22.1 Å². The zero-order chi connectivity index (χ0) is 20.0. The number of alkyl halides is 2. The Morgan fingerprint density at radius 2 is 1.81 bits per heavy atom. The molecule has 0 bridgehead atoms. The first-order valence-electron chi connectivity index (χ1n) is 7.38. The summed E-state index contributed by atoms with van der Waals surface area (Å²) >= 11 is 0. The number of sulfonamides is 1. The Balaban J connectivity index is 2.24. The molecule has 2 aromatic rings. The lowest BCUT2D eigenvalue weighted by atomic mass is 10.2. The molecule has 2 rings (SSSR count). The highest BCUT2D eigenvalue weighted by Crippen LogP contribution is 2.32. The monoisotopic (exact) mass is 399 g/mol. The normalized spacial score (nSPS) is 11.6. The van der Waals surface area contributed by atoms with E-state index in [1.807, 2.05) is 0 Å². The molecule has 0 saturated heterocycles. The largest absolute Gasteiger partial charge is 0.493 e. The van der Waals surface area contributed by atoms with Crippen LogP contribution in [0.5, 0.6) is 11.5 Å². The van der Waals surface area contributed by atoms with Crippen LogP contribution in [0.2, 0.25) is 0 Å². The maximum atomic E-state index is 12.5. The first-order valence-corrected chi connectivity index (χ1v) is 8.86. The van der Waals surface area contributed by atoms with E-state index in [9.17, 15) is 22.0 Å². The molecule has 2 aromatic carbocycles. The molecule has 2 N–H and O–H groups in total. The van der Waals surface area contributed by atoms with E-state index in [0.717, 1.165) is 12.1 Å². The van der Waals surface area contributed by atoms with Crippen LogP contribution in [0.3, 0.4) is 0 Å². The molecule has 27 heavy (non-hydrogen) atoms. The van der Waals surface area contributed by atoms with E-state index >= 15 is 0 Å². The zero-order valence-electron chi connectivity index (χ0n) is 13.9. The summed E-state index contributed by atoms with van der Waals surface area (Å²) in [7, 11) is -2.74. The lowest BCUT2D eigenvalue weighted by molar-refractivity contribution is -0.131. The number of carboxylic acids is 1. The third-order valence-corrected chi connectivity index (χ3v) is 4.64. The van der Waals surface area contributed by atoms with E-state index in [0.29, 0.717) is 5.56 Å². The predicted molar refractivity (Wildman–Crippen MR) is 93.5 cm³/mol. The van der Waals surface area contributed by atoms with Crippen molar-refractivity contribution >= 4 is 27.8 Å². The van der Waals surface area contributed by atoms with Gasteiger partial charge in [-0.3, -0.25) is 4.72 Å². The topological polar surface area (TPSA) is 102 Å². The number of aliphatic carboxylic acids is 1. The fraction of sp³-hybridized carbons (Fsp3) is 0.118. The van der Waals surface area contributed by atoms with Gasteiger partial charge in [-0.25, -0.2) is 13.2 Å². The van der Waals surface area contributed by atoms with Crippen molar-refractivity contribution in [2.45, 2.75) is 11.5 Å². The SMILES string of the molecule is COc1ccc(NS(=O)(=O)c2ccc(C=CC(=O)O)cc2)cc1OC(F)F. The highest BCUT2D eigenvalue weighted by molar-refractivity contribution is 7.92. The van der Waals surface area contributed by atoms with Crippen molar-refractivity contribution in [3.8, 4) is 11.5 Å². The number of hydrogen-bond donors (Lipinski definition) is 2. The van der Waals surface area contributed by atoms with Gasteiger partial charge in [0, 0.05) is 12.1 Å². The van der Waals surface area contributed by atoms with E-state index in [1.165, 1.54) is 49.6 Å². The van der Waals surface area contributed by atoms with Crippen molar-refractivity contribution in [1.29, 1.82) is 0 Å². The van der Waals surface area contributed by atoms with Crippen LogP contribution in [0.1, 0.15) is 5.56 Å². The second-order valence-electron chi connectivity index (χ2n) is 5.09. The molecule has 0 atom stereocenters. The third kappa shape index (κ3) is 5.68. The van der Waals surface area contributed by atoms with Crippen LogP contribution in [-0.2, 0) is 14.8 Å². The molecule has 10 heteroatoms. The molecular formula is C17H15F2NO6S. The van der Waals surface area contributed by atoms with Crippen molar-refractivity contribution in [1.82, 2.24) is 0 Å². The highest BCUT2D eigenvalue weighted by Gasteiger charge is 2.17. The lowest BCUT2D eigenvalue weighted by Gasteiger charge is -2.13. The summed E-state index contributed by atoms with van der Waals surface area (Å²) in [5.74, 6) is -1.43. The molecule has 0 unspecified atom stereocenters. The Morgan fingerprint density at radius 3 is 2.37 bits per heavy atom. The van der Waals surface area contributed by atoms with Gasteiger partial charge in [-0.05, 0) is 35.9 Å². The smallest absolute Gasteiger partial charge is 0.387 e. The molecule has 0 radical (unpaired) electrons. The van der Waals surface area contributed by atoms with Gasteiger partial charge in [-0.15, -0.1) is 0 Å². The summed E-state index contributed by atoms with van der Waals surface area (Å²) in [5.41, 5.74) is 0.495. The summed E-state index contributed by atoms with van der Waals surface area (Å²) in [6.45, 7) is -3.10. The van der Waals surface area contributed by atoms with Crippen molar-refractivity contribution in [3.05, 3.63) is 54.1 Å². The Kier molecular flexibility index (Phi) is 6.35. The molecule has 0 saturated carbocycles. The fourth-order valence-corrected chi connectivity index (χ4v) is 3.12. The second-order valence-corrected chi connectivity index (χ2v) is 6.77. The molecule has 0 aliphatic rings. The number of methoxy groups -OCH3 is 1. The maximum absolute atomic E-state index is 12.5. The van der Waals surface area contributed by atoms with Gasteiger partial charge < -0.3 is 14.6 Å². The van der Waals surface area contributed by atoms with Gasteiger partial charge in [0.15, 0.2) is 11.5 Å². The summed E-state index contributed by atoms with van der Waals surface area (Å²) < 4.78 is 61.2. The van der Waals surface area contributed by atoms with Gasteiger partial charge in [0.05, 0.1) is 17.7 Å². The molecule has 7 nitrogen and oxygen atoms in total. The standard InChI is InChI=1S/C17H15F2NO6S/c1-25-14-8-5-12(10-15(14)26-17(18)19)20-27(23,24)13-6-2-11(3-7-13)4-9-16(21)22/h2-10,17,20H,1H3,(H,21,22). The Hall–Kier alpha value is -3.14. The van der Waals surface area contributed by atoms with Gasteiger partial charge in [0.2, 0.25) is 0 Å². The molecular weight excluding hydrogens is 384 g/mol. The van der Waals surface area contributed by atoms with Crippen LogP contribution in [0.15, 0.2) is 53.4 Å². The summed E-state index contributed by atoms with van der Waals surface area (Å²) in [6.07, 6.45) is 2.23. The van der Waals surface area contributed by atoms with Crippen molar-refractivity contribution in [3.63, 3.8) is 0 Å². The molecule has 0 aromatic heterocycles. The zero-order valence-corrected chi connectivity index (χ0v) is 14.7. The Bertz CT molecular complexity index is 942. The van der Waals surface area contributed by atoms with Crippen molar-refractivity contribution in [2.24, 2.45) is 0 Å². The minimum Gasteiger partial charge on any atom is -0.493 e. The minimum atomic E-state index is -4.00. The van der Waals surface area contributed by atoms with E-state index in [2.05, 4.69) is 9.46 Å². The lowest BCUT2D eigenvalue weighted by Crippen LogP contribution is -2.13. The van der Waals surface area contributed by atoms with E-state index < -0.39 is 22.6 Å². The summed E-state index contributed by atoms with van der Waals surface area (Å²) in [6, 6.07) is 9.11. The molecule has 0 aliphatic carbocycles. The number of halogens is 2. The van der Waals surface area contributed by atoms with Crippen LogP contribution in [0.25, 0.3) is 6.08 Å². The molecule has 144 valence electrons. The van der Waals surface area contributed by atoms with Crippen molar-refractivity contribution in [2.75, 3.05) is 11.8 Å². The van der Waals surface area contributed by atoms with Gasteiger partial charge >= 0.3 is 12.6 Å². The number of benzene rings is 2. The maximum Gasteiger partial charge on any atom is 0.387 e. The first-order chi connectivity index (χ1) is 12.7. The number of rotatable bonds is 8. The molecule has 0 spiro atoms. The quantitative estimate of drug-likeness (QED) is 0.661. The minimum absolute atomic E-state index is 0.00120. The van der Waals surface area contributed by atoms with E-state index in [1.54, 1.807) is 0 Å². The van der Waals surface area contributed by atoms with E-state index in [4.69, 9.17) is 9.84 Å². The third-order valence-electron chi connectivity index (χ3n) is 3.24. The fourth-order valence-electron chi connectivity index (χ4n) is 2.07. The number of ether oxygens (including phenoxy) is 2.